The van der Waals surface area contributed by atoms with Crippen molar-refractivity contribution in [3.8, 4) is 0 Å². The molecule has 0 aromatic heterocycles. The zero-order chi connectivity index (χ0) is 23.5. The fourth-order valence-corrected chi connectivity index (χ4v) is 4.58. The van der Waals surface area contributed by atoms with Crippen LogP contribution in [-0.2, 0) is 0 Å². The van der Waals surface area contributed by atoms with Crippen LogP contribution in [0.2, 0.25) is 0 Å². The second-order valence-electron chi connectivity index (χ2n) is 8.72. The molecule has 1 atom stereocenters. The van der Waals surface area contributed by atoms with Crippen molar-refractivity contribution in [2.24, 2.45) is 5.92 Å². The molecule has 2 aliphatic rings. The van der Waals surface area contributed by atoms with Crippen molar-refractivity contribution in [1.29, 1.82) is 0 Å². The van der Waals surface area contributed by atoms with Gasteiger partial charge in [0.1, 0.15) is 0 Å². The van der Waals surface area contributed by atoms with Gasteiger partial charge in [0.15, 0.2) is 0 Å². The van der Waals surface area contributed by atoms with Crippen LogP contribution in [0.4, 0.5) is 0 Å². The van der Waals surface area contributed by atoms with Crippen LogP contribution in [0.15, 0.2) is 48.5 Å². The van der Waals surface area contributed by atoms with Crippen LogP contribution in [0.1, 0.15) is 81.0 Å². The van der Waals surface area contributed by atoms with Crippen LogP contribution in [0.25, 0.3) is 0 Å². The molecule has 2 heterocycles. The summed E-state index contributed by atoms with van der Waals surface area (Å²) in [5, 5.41) is 0. The van der Waals surface area contributed by atoms with Crippen molar-refractivity contribution in [2.45, 2.75) is 39.5 Å². The van der Waals surface area contributed by atoms with E-state index >= 15 is 0 Å². The minimum atomic E-state index is -0.343. The molecule has 33 heavy (non-hydrogen) atoms. The van der Waals surface area contributed by atoms with Gasteiger partial charge in [0.2, 0.25) is 0 Å². The van der Waals surface area contributed by atoms with Gasteiger partial charge in [0.05, 0.1) is 35.6 Å². The van der Waals surface area contributed by atoms with E-state index in [1.807, 2.05) is 4.90 Å². The molecule has 0 saturated heterocycles. The van der Waals surface area contributed by atoms with E-state index < -0.39 is 0 Å². The first-order chi connectivity index (χ1) is 16.0. The molecule has 7 nitrogen and oxygen atoms in total. The van der Waals surface area contributed by atoms with E-state index in [1.54, 1.807) is 48.5 Å². The SMILES string of the molecule is CCCC[C@H](CC)CN(CN1C(=O)c2ccccc2C1=O)CN1C(=O)c2ccccc2C1=O. The van der Waals surface area contributed by atoms with Gasteiger partial charge >= 0.3 is 0 Å². The Morgan fingerprint density at radius 1 is 0.697 bits per heavy atom. The Morgan fingerprint density at radius 3 is 1.42 bits per heavy atom. The van der Waals surface area contributed by atoms with Gasteiger partial charge in [0, 0.05) is 6.54 Å². The molecule has 0 fully saturated rings. The van der Waals surface area contributed by atoms with Gasteiger partial charge in [-0.25, -0.2) is 0 Å². The summed E-state index contributed by atoms with van der Waals surface area (Å²) in [5.41, 5.74) is 1.56. The lowest BCUT2D eigenvalue weighted by Crippen LogP contribution is -2.49. The van der Waals surface area contributed by atoms with Crippen LogP contribution >= 0.6 is 0 Å². The number of carbonyl (C=O) groups is 4. The quantitative estimate of drug-likeness (QED) is 0.514. The molecule has 0 aliphatic carbocycles. The second kappa shape index (κ2) is 9.67. The Morgan fingerprint density at radius 2 is 1.09 bits per heavy atom. The Labute approximate surface area is 194 Å². The van der Waals surface area contributed by atoms with Crippen LogP contribution in [-0.4, -0.2) is 58.2 Å². The molecule has 0 saturated carbocycles. The molecule has 2 aromatic rings. The first-order valence-electron chi connectivity index (χ1n) is 11.6. The van der Waals surface area contributed by atoms with Crippen molar-refractivity contribution in [1.82, 2.24) is 14.7 Å². The van der Waals surface area contributed by atoms with Crippen LogP contribution in [0.3, 0.4) is 0 Å². The van der Waals surface area contributed by atoms with Gasteiger partial charge in [-0.3, -0.25) is 33.9 Å². The maximum Gasteiger partial charge on any atom is 0.262 e. The summed E-state index contributed by atoms with van der Waals surface area (Å²) >= 11 is 0. The minimum Gasteiger partial charge on any atom is -0.269 e. The van der Waals surface area contributed by atoms with Crippen molar-refractivity contribution in [3.63, 3.8) is 0 Å². The summed E-state index contributed by atoms with van der Waals surface area (Å²) in [7, 11) is 0. The summed E-state index contributed by atoms with van der Waals surface area (Å²) in [5.74, 6) is -1.04. The average Bonchev–Trinajstić information content (AvgIpc) is 3.22. The number of hydrogen-bond donors (Lipinski definition) is 0. The van der Waals surface area contributed by atoms with Crippen molar-refractivity contribution >= 4 is 23.6 Å². The molecule has 0 spiro atoms. The molecule has 7 heteroatoms. The van der Waals surface area contributed by atoms with Gasteiger partial charge in [0.25, 0.3) is 23.6 Å². The van der Waals surface area contributed by atoms with Crippen LogP contribution in [0.5, 0.6) is 0 Å². The van der Waals surface area contributed by atoms with Gasteiger partial charge in [-0.2, -0.15) is 0 Å². The van der Waals surface area contributed by atoms with Gasteiger partial charge in [-0.15, -0.1) is 0 Å². The zero-order valence-electron chi connectivity index (χ0n) is 19.1. The molecule has 2 aromatic carbocycles. The Balaban J connectivity index is 1.57. The van der Waals surface area contributed by atoms with Gasteiger partial charge in [-0.1, -0.05) is 57.4 Å². The number of amides is 4. The standard InChI is InChI=1S/C26H29N3O4/c1-3-5-10-18(4-2)15-27(16-28-23(30)19-11-6-7-12-20(19)24(28)31)17-29-25(32)21-13-8-9-14-22(21)26(29)33/h6-9,11-14,18H,3-5,10,15-17H2,1-2H3/t18-/m0/s1. The fourth-order valence-electron chi connectivity index (χ4n) is 4.58. The molecule has 0 unspecified atom stereocenters. The predicted octanol–water partition coefficient (Wildman–Crippen LogP) is 4.01. The highest BCUT2D eigenvalue weighted by Crippen LogP contribution is 2.26. The lowest BCUT2D eigenvalue weighted by Gasteiger charge is -2.32. The topological polar surface area (TPSA) is 78.0 Å². The maximum absolute atomic E-state index is 12.9. The maximum atomic E-state index is 12.9. The molecule has 2 aliphatic heterocycles. The summed E-state index contributed by atoms with van der Waals surface area (Å²) in [4.78, 5) is 56.1. The highest BCUT2D eigenvalue weighted by molar-refractivity contribution is 6.22. The Hall–Kier alpha value is -3.32. The molecule has 0 N–H and O–H groups in total. The normalized spacial score (nSPS) is 16.1. The number of imide groups is 2. The van der Waals surface area contributed by atoms with E-state index in [2.05, 4.69) is 13.8 Å². The van der Waals surface area contributed by atoms with E-state index in [0.717, 1.165) is 25.7 Å². The molecule has 4 amide bonds. The highest BCUT2D eigenvalue weighted by atomic mass is 16.2. The first-order valence-corrected chi connectivity index (χ1v) is 11.6. The van der Waals surface area contributed by atoms with Gasteiger partial charge < -0.3 is 0 Å². The Kier molecular flexibility index (Phi) is 6.70. The molecular formula is C26H29N3O4. The average molecular weight is 448 g/mol. The first kappa shape index (κ1) is 22.9. The molecule has 0 bridgehead atoms. The molecule has 0 radical (unpaired) electrons. The third-order valence-electron chi connectivity index (χ3n) is 6.50. The molecule has 172 valence electrons. The monoisotopic (exact) mass is 447 g/mol. The van der Waals surface area contributed by atoms with Crippen molar-refractivity contribution in [2.75, 3.05) is 19.9 Å². The lowest BCUT2D eigenvalue weighted by atomic mass is 9.99. The summed E-state index contributed by atoms with van der Waals surface area (Å²) in [6.45, 7) is 4.90. The zero-order valence-corrected chi connectivity index (χ0v) is 19.1. The fraction of sp³-hybridized carbons (Fsp3) is 0.385. The van der Waals surface area contributed by atoms with Crippen LogP contribution < -0.4 is 0 Å². The number of hydrogen-bond acceptors (Lipinski definition) is 5. The lowest BCUT2D eigenvalue weighted by molar-refractivity contribution is 0.0358. The van der Waals surface area contributed by atoms with Gasteiger partial charge in [-0.05, 0) is 36.6 Å². The second-order valence-corrected chi connectivity index (χ2v) is 8.72. The number of unbranched alkanes of at least 4 members (excludes halogenated alkanes) is 1. The number of benzene rings is 2. The molecule has 4 rings (SSSR count). The number of rotatable bonds is 10. The third kappa shape index (κ3) is 4.33. The molecular weight excluding hydrogens is 418 g/mol. The number of nitrogens with zero attached hydrogens (tertiary/aromatic N) is 3. The van der Waals surface area contributed by atoms with E-state index in [4.69, 9.17) is 0 Å². The van der Waals surface area contributed by atoms with Crippen LogP contribution in [0, 0.1) is 5.92 Å². The minimum absolute atomic E-state index is 0.0301. The van der Waals surface area contributed by atoms with E-state index in [0.29, 0.717) is 34.7 Å². The van der Waals surface area contributed by atoms with E-state index in [1.165, 1.54) is 9.80 Å². The number of fused-ring (bicyclic) bond motifs is 2. The van der Waals surface area contributed by atoms with E-state index in [9.17, 15) is 19.2 Å². The summed E-state index contributed by atoms with van der Waals surface area (Å²) in [6, 6.07) is 13.6. The largest absolute Gasteiger partial charge is 0.269 e. The third-order valence-corrected chi connectivity index (χ3v) is 6.50. The predicted molar refractivity (Wildman–Crippen MR) is 124 cm³/mol. The number of carbonyl (C=O) groups excluding carboxylic acids is 4. The summed E-state index contributed by atoms with van der Waals surface area (Å²) in [6.07, 6.45) is 4.09. The highest BCUT2D eigenvalue weighted by Gasteiger charge is 2.39. The summed E-state index contributed by atoms with van der Waals surface area (Å²) < 4.78 is 0. The smallest absolute Gasteiger partial charge is 0.262 e. The van der Waals surface area contributed by atoms with Crippen molar-refractivity contribution < 1.29 is 19.2 Å². The van der Waals surface area contributed by atoms with Crippen molar-refractivity contribution in [3.05, 3.63) is 70.8 Å². The van der Waals surface area contributed by atoms with E-state index in [-0.39, 0.29) is 37.0 Å². The Bertz CT molecular complexity index is 949.